The quantitative estimate of drug-likeness (QED) is 0.788. The van der Waals surface area contributed by atoms with Crippen molar-refractivity contribution in [3.8, 4) is 5.75 Å². The largest absolute Gasteiger partial charge is 0.494 e. The second-order valence-electron chi connectivity index (χ2n) is 3.96. The van der Waals surface area contributed by atoms with Crippen molar-refractivity contribution >= 4 is 17.5 Å². The van der Waals surface area contributed by atoms with Gasteiger partial charge >= 0.3 is 0 Å². The second-order valence-corrected chi connectivity index (χ2v) is 5.39. The van der Waals surface area contributed by atoms with E-state index in [1.807, 2.05) is 36.9 Å². The number of carbonyl (C=O) groups excluding carboxylic acids is 1. The molecular weight excluding hydrogens is 220 g/mol. The highest BCUT2D eigenvalue weighted by atomic mass is 32.2. The lowest BCUT2D eigenvalue weighted by molar-refractivity contribution is 0.0983. The maximum atomic E-state index is 12.0. The Bertz CT molecular complexity index is 401. The standard InChI is InChI=1S/C13H16O2S/c1-3-15-13-6-4-5-10-11(13)8-16-9(2)7-12(10)14/h4-6,9H,3,7-8H2,1-2H3. The number of Topliss-reactive ketones (excluding diaryl/α,β-unsaturated/α-hetero) is 1. The lowest BCUT2D eigenvalue weighted by atomic mass is 10.0. The van der Waals surface area contributed by atoms with Crippen LogP contribution in [0.3, 0.4) is 0 Å². The molecule has 1 unspecified atom stereocenters. The number of hydrogen-bond acceptors (Lipinski definition) is 3. The Balaban J connectivity index is 2.41. The number of fused-ring (bicyclic) bond motifs is 1. The van der Waals surface area contributed by atoms with E-state index in [0.29, 0.717) is 18.3 Å². The fourth-order valence-corrected chi connectivity index (χ4v) is 2.94. The third-order valence-electron chi connectivity index (χ3n) is 2.72. The van der Waals surface area contributed by atoms with Gasteiger partial charge in [-0.25, -0.2) is 0 Å². The van der Waals surface area contributed by atoms with Gasteiger partial charge in [-0.2, -0.15) is 11.8 Å². The average molecular weight is 236 g/mol. The number of ketones is 1. The van der Waals surface area contributed by atoms with Crippen molar-refractivity contribution in [2.75, 3.05) is 6.61 Å². The molecule has 0 spiro atoms. The van der Waals surface area contributed by atoms with Crippen LogP contribution in [0, 0.1) is 0 Å². The van der Waals surface area contributed by atoms with Gasteiger partial charge < -0.3 is 4.74 Å². The minimum atomic E-state index is 0.244. The maximum absolute atomic E-state index is 12.0. The molecule has 1 aromatic rings. The Hall–Kier alpha value is -0.960. The number of ether oxygens (including phenoxy) is 1. The van der Waals surface area contributed by atoms with E-state index >= 15 is 0 Å². The van der Waals surface area contributed by atoms with Crippen molar-refractivity contribution in [1.29, 1.82) is 0 Å². The Kier molecular flexibility index (Phi) is 3.54. The molecular formula is C13H16O2S. The number of carbonyl (C=O) groups is 1. The van der Waals surface area contributed by atoms with Crippen LogP contribution in [0.4, 0.5) is 0 Å². The normalized spacial score (nSPS) is 20.1. The van der Waals surface area contributed by atoms with Crippen molar-refractivity contribution in [3.63, 3.8) is 0 Å². The number of hydrogen-bond donors (Lipinski definition) is 0. The molecule has 0 amide bonds. The van der Waals surface area contributed by atoms with Gasteiger partial charge in [-0.3, -0.25) is 4.79 Å². The zero-order chi connectivity index (χ0) is 11.5. The maximum Gasteiger partial charge on any atom is 0.164 e. The van der Waals surface area contributed by atoms with Gasteiger partial charge in [0.25, 0.3) is 0 Å². The summed E-state index contributed by atoms with van der Waals surface area (Å²) in [4.78, 5) is 12.0. The zero-order valence-corrected chi connectivity index (χ0v) is 10.5. The molecule has 0 saturated heterocycles. The summed E-state index contributed by atoms with van der Waals surface area (Å²) < 4.78 is 5.58. The molecule has 3 heteroatoms. The summed E-state index contributed by atoms with van der Waals surface area (Å²) in [6.45, 7) is 4.72. The summed E-state index contributed by atoms with van der Waals surface area (Å²) in [7, 11) is 0. The number of thioether (sulfide) groups is 1. The predicted octanol–water partition coefficient (Wildman–Crippen LogP) is 3.29. The van der Waals surface area contributed by atoms with Crippen molar-refractivity contribution in [1.82, 2.24) is 0 Å². The summed E-state index contributed by atoms with van der Waals surface area (Å²) in [6, 6.07) is 5.77. The van der Waals surface area contributed by atoms with Crippen LogP contribution < -0.4 is 4.74 Å². The van der Waals surface area contributed by atoms with Crippen LogP contribution in [-0.4, -0.2) is 17.6 Å². The van der Waals surface area contributed by atoms with Gasteiger partial charge in [0.15, 0.2) is 5.78 Å². The van der Waals surface area contributed by atoms with Crippen LogP contribution in [0.15, 0.2) is 18.2 Å². The lowest BCUT2D eigenvalue weighted by Crippen LogP contribution is -2.06. The molecule has 0 aromatic heterocycles. The van der Waals surface area contributed by atoms with Gasteiger partial charge in [-0.15, -0.1) is 0 Å². The van der Waals surface area contributed by atoms with Crippen LogP contribution in [-0.2, 0) is 5.75 Å². The predicted molar refractivity (Wildman–Crippen MR) is 67.3 cm³/mol. The minimum Gasteiger partial charge on any atom is -0.494 e. The third kappa shape index (κ3) is 2.24. The molecule has 0 saturated carbocycles. The summed E-state index contributed by atoms with van der Waals surface area (Å²) >= 11 is 1.82. The summed E-state index contributed by atoms with van der Waals surface area (Å²) in [6.07, 6.45) is 0.632. The summed E-state index contributed by atoms with van der Waals surface area (Å²) in [5, 5.41) is 0.398. The van der Waals surface area contributed by atoms with E-state index in [0.717, 1.165) is 22.6 Å². The lowest BCUT2D eigenvalue weighted by Gasteiger charge is -2.11. The number of rotatable bonds is 2. The van der Waals surface area contributed by atoms with E-state index in [2.05, 4.69) is 6.92 Å². The third-order valence-corrected chi connectivity index (χ3v) is 3.91. The van der Waals surface area contributed by atoms with Crippen molar-refractivity contribution in [2.24, 2.45) is 0 Å². The average Bonchev–Trinajstić information content (AvgIpc) is 2.40. The molecule has 1 aromatic carbocycles. The first-order valence-corrected chi connectivity index (χ1v) is 6.66. The Morgan fingerprint density at radius 2 is 2.31 bits per heavy atom. The number of benzene rings is 1. The first kappa shape index (κ1) is 11.5. The second kappa shape index (κ2) is 4.91. The zero-order valence-electron chi connectivity index (χ0n) is 9.66. The summed E-state index contributed by atoms with van der Waals surface area (Å²) in [5.74, 6) is 1.99. The highest BCUT2D eigenvalue weighted by Gasteiger charge is 2.22. The molecule has 0 N–H and O–H groups in total. The van der Waals surface area contributed by atoms with E-state index in [1.165, 1.54) is 0 Å². The van der Waals surface area contributed by atoms with Crippen LogP contribution >= 0.6 is 11.8 Å². The molecule has 0 bridgehead atoms. The first-order valence-electron chi connectivity index (χ1n) is 5.62. The van der Waals surface area contributed by atoms with Crippen LogP contribution in [0.5, 0.6) is 5.75 Å². The van der Waals surface area contributed by atoms with Crippen molar-refractivity contribution < 1.29 is 9.53 Å². The van der Waals surface area contributed by atoms with Gasteiger partial charge in [0.1, 0.15) is 5.75 Å². The van der Waals surface area contributed by atoms with Crippen LogP contribution in [0.1, 0.15) is 36.2 Å². The molecule has 2 rings (SSSR count). The molecule has 1 aliphatic heterocycles. The molecule has 1 heterocycles. The Morgan fingerprint density at radius 3 is 3.06 bits per heavy atom. The van der Waals surface area contributed by atoms with E-state index in [-0.39, 0.29) is 5.78 Å². The van der Waals surface area contributed by atoms with E-state index < -0.39 is 0 Å². The van der Waals surface area contributed by atoms with E-state index in [9.17, 15) is 4.79 Å². The van der Waals surface area contributed by atoms with Gasteiger partial charge in [-0.05, 0) is 13.0 Å². The molecule has 0 fully saturated rings. The fourth-order valence-electron chi connectivity index (χ4n) is 1.92. The van der Waals surface area contributed by atoms with Gasteiger partial charge in [0, 0.05) is 28.6 Å². The van der Waals surface area contributed by atoms with Gasteiger partial charge in [0.2, 0.25) is 0 Å². The molecule has 1 aliphatic rings. The minimum absolute atomic E-state index is 0.244. The molecule has 86 valence electrons. The van der Waals surface area contributed by atoms with Gasteiger partial charge in [0.05, 0.1) is 6.61 Å². The van der Waals surface area contributed by atoms with Crippen molar-refractivity contribution in [3.05, 3.63) is 29.3 Å². The monoisotopic (exact) mass is 236 g/mol. The van der Waals surface area contributed by atoms with Crippen molar-refractivity contribution in [2.45, 2.75) is 31.3 Å². The van der Waals surface area contributed by atoms with E-state index in [1.54, 1.807) is 0 Å². The topological polar surface area (TPSA) is 26.3 Å². The van der Waals surface area contributed by atoms with Crippen LogP contribution in [0.25, 0.3) is 0 Å². The smallest absolute Gasteiger partial charge is 0.164 e. The summed E-state index contributed by atoms with van der Waals surface area (Å²) in [5.41, 5.74) is 1.92. The highest BCUT2D eigenvalue weighted by Crippen LogP contribution is 2.34. The molecule has 0 aliphatic carbocycles. The van der Waals surface area contributed by atoms with Crippen LogP contribution in [0.2, 0.25) is 0 Å². The first-order chi connectivity index (χ1) is 7.72. The fraction of sp³-hybridized carbons (Fsp3) is 0.462. The van der Waals surface area contributed by atoms with E-state index in [4.69, 9.17) is 4.74 Å². The molecule has 1 atom stereocenters. The SMILES string of the molecule is CCOc1cccc2c1CSC(C)CC2=O. The van der Waals surface area contributed by atoms with Gasteiger partial charge in [-0.1, -0.05) is 19.1 Å². The Labute approximate surface area is 100 Å². The Morgan fingerprint density at radius 1 is 1.50 bits per heavy atom. The molecule has 16 heavy (non-hydrogen) atoms. The highest BCUT2D eigenvalue weighted by molar-refractivity contribution is 7.99. The molecule has 2 nitrogen and oxygen atoms in total. The molecule has 0 radical (unpaired) electrons.